The molecule has 0 aromatic rings. The fourth-order valence-electron chi connectivity index (χ4n) is 1.60. The van der Waals surface area contributed by atoms with Crippen molar-refractivity contribution in [2.75, 3.05) is 13.1 Å². The SMILES string of the molecule is CC(C)(C)OC1CCCNCC1. The molecule has 1 heterocycles. The van der Waals surface area contributed by atoms with Gasteiger partial charge in [-0.3, -0.25) is 0 Å². The van der Waals surface area contributed by atoms with Crippen LogP contribution < -0.4 is 5.32 Å². The zero-order valence-electron chi connectivity index (χ0n) is 8.52. The van der Waals surface area contributed by atoms with Crippen LogP contribution in [0.3, 0.4) is 0 Å². The summed E-state index contributed by atoms with van der Waals surface area (Å²) in [6.45, 7) is 8.66. The third-order valence-electron chi connectivity index (χ3n) is 2.04. The minimum Gasteiger partial charge on any atom is -0.373 e. The molecule has 1 saturated heterocycles. The van der Waals surface area contributed by atoms with Gasteiger partial charge in [-0.1, -0.05) is 0 Å². The molecule has 1 rings (SSSR count). The Morgan fingerprint density at radius 2 is 1.92 bits per heavy atom. The first-order valence-corrected chi connectivity index (χ1v) is 4.96. The molecular weight excluding hydrogens is 150 g/mol. The van der Waals surface area contributed by atoms with Crippen molar-refractivity contribution in [3.05, 3.63) is 0 Å². The first-order valence-electron chi connectivity index (χ1n) is 4.96. The summed E-state index contributed by atoms with van der Waals surface area (Å²) in [7, 11) is 0. The zero-order chi connectivity index (χ0) is 9.03. The van der Waals surface area contributed by atoms with Gasteiger partial charge in [0.05, 0.1) is 11.7 Å². The highest BCUT2D eigenvalue weighted by Crippen LogP contribution is 2.17. The lowest BCUT2D eigenvalue weighted by molar-refractivity contribution is -0.0637. The Morgan fingerprint density at radius 3 is 2.58 bits per heavy atom. The minimum absolute atomic E-state index is 0.0228. The summed E-state index contributed by atoms with van der Waals surface area (Å²) in [6.07, 6.45) is 4.10. The summed E-state index contributed by atoms with van der Waals surface area (Å²) < 4.78 is 5.92. The molecule has 1 aliphatic heterocycles. The molecule has 0 aliphatic carbocycles. The average molecular weight is 171 g/mol. The lowest BCUT2D eigenvalue weighted by Crippen LogP contribution is -2.28. The van der Waals surface area contributed by atoms with Crippen molar-refractivity contribution in [3.63, 3.8) is 0 Å². The van der Waals surface area contributed by atoms with Gasteiger partial charge < -0.3 is 10.1 Å². The van der Waals surface area contributed by atoms with Gasteiger partial charge in [0.25, 0.3) is 0 Å². The minimum atomic E-state index is 0.0228. The molecule has 2 nitrogen and oxygen atoms in total. The quantitative estimate of drug-likeness (QED) is 0.651. The van der Waals surface area contributed by atoms with Gasteiger partial charge in [0.15, 0.2) is 0 Å². The van der Waals surface area contributed by atoms with Crippen molar-refractivity contribution in [2.24, 2.45) is 0 Å². The largest absolute Gasteiger partial charge is 0.373 e. The zero-order valence-corrected chi connectivity index (χ0v) is 8.52. The Morgan fingerprint density at radius 1 is 1.17 bits per heavy atom. The number of ether oxygens (including phenoxy) is 1. The van der Waals surface area contributed by atoms with Crippen LogP contribution >= 0.6 is 0 Å². The normalized spacial score (nSPS) is 26.8. The number of rotatable bonds is 1. The van der Waals surface area contributed by atoms with E-state index in [1.54, 1.807) is 0 Å². The van der Waals surface area contributed by atoms with E-state index >= 15 is 0 Å². The molecular formula is C10H21NO. The predicted octanol–water partition coefficient (Wildman–Crippen LogP) is 1.94. The van der Waals surface area contributed by atoms with Crippen LogP contribution in [0.5, 0.6) is 0 Å². The first kappa shape index (κ1) is 10.0. The van der Waals surface area contributed by atoms with Gasteiger partial charge in [-0.2, -0.15) is 0 Å². The Kier molecular flexibility index (Phi) is 3.53. The molecule has 1 atom stereocenters. The van der Waals surface area contributed by atoms with Crippen molar-refractivity contribution in [2.45, 2.75) is 51.7 Å². The molecule has 0 bridgehead atoms. The molecule has 0 amide bonds. The van der Waals surface area contributed by atoms with Crippen LogP contribution in [-0.2, 0) is 4.74 Å². The standard InChI is InChI=1S/C10H21NO/c1-10(2,3)12-9-5-4-7-11-8-6-9/h9,11H,4-8H2,1-3H3. The Bertz CT molecular complexity index is 120. The maximum absolute atomic E-state index is 5.92. The molecule has 12 heavy (non-hydrogen) atoms. The first-order chi connectivity index (χ1) is 5.58. The van der Waals surface area contributed by atoms with E-state index in [0.29, 0.717) is 6.10 Å². The predicted molar refractivity (Wildman–Crippen MR) is 51.3 cm³/mol. The van der Waals surface area contributed by atoms with Crippen molar-refractivity contribution < 1.29 is 4.74 Å². The monoisotopic (exact) mass is 171 g/mol. The van der Waals surface area contributed by atoms with Crippen LogP contribution in [0.25, 0.3) is 0 Å². The molecule has 1 aliphatic rings. The van der Waals surface area contributed by atoms with Crippen LogP contribution in [0, 0.1) is 0 Å². The van der Waals surface area contributed by atoms with Crippen molar-refractivity contribution in [1.29, 1.82) is 0 Å². The van der Waals surface area contributed by atoms with Gasteiger partial charge in [-0.15, -0.1) is 0 Å². The van der Waals surface area contributed by atoms with Crippen LogP contribution in [0.2, 0.25) is 0 Å². The third kappa shape index (κ3) is 4.07. The second-order valence-electron chi connectivity index (χ2n) is 4.53. The van der Waals surface area contributed by atoms with E-state index in [1.807, 2.05) is 0 Å². The van der Waals surface area contributed by atoms with Crippen molar-refractivity contribution >= 4 is 0 Å². The van der Waals surface area contributed by atoms with Gasteiger partial charge in [-0.25, -0.2) is 0 Å². The van der Waals surface area contributed by atoms with Gasteiger partial charge >= 0.3 is 0 Å². The van der Waals surface area contributed by atoms with Crippen LogP contribution in [0.15, 0.2) is 0 Å². The third-order valence-corrected chi connectivity index (χ3v) is 2.04. The maximum Gasteiger partial charge on any atom is 0.0602 e. The summed E-state index contributed by atoms with van der Waals surface area (Å²) in [5, 5.41) is 3.38. The van der Waals surface area contributed by atoms with Gasteiger partial charge in [0, 0.05) is 0 Å². The Hall–Kier alpha value is -0.0800. The van der Waals surface area contributed by atoms with E-state index in [-0.39, 0.29) is 5.60 Å². The second kappa shape index (κ2) is 4.24. The molecule has 1 N–H and O–H groups in total. The number of hydrogen-bond acceptors (Lipinski definition) is 2. The Balaban J connectivity index is 2.30. The lowest BCUT2D eigenvalue weighted by atomic mass is 10.1. The fourth-order valence-corrected chi connectivity index (χ4v) is 1.60. The van der Waals surface area contributed by atoms with Gasteiger partial charge in [-0.05, 0) is 53.1 Å². The fraction of sp³-hybridized carbons (Fsp3) is 1.00. The highest BCUT2D eigenvalue weighted by atomic mass is 16.5. The molecule has 1 fully saturated rings. The molecule has 0 radical (unpaired) electrons. The smallest absolute Gasteiger partial charge is 0.0602 e. The number of hydrogen-bond donors (Lipinski definition) is 1. The summed E-state index contributed by atoms with van der Waals surface area (Å²) in [6, 6.07) is 0. The molecule has 0 aromatic heterocycles. The highest BCUT2D eigenvalue weighted by molar-refractivity contribution is 4.70. The molecule has 2 heteroatoms. The average Bonchev–Trinajstić information content (AvgIpc) is 2.12. The summed E-state index contributed by atoms with van der Waals surface area (Å²) in [5.74, 6) is 0. The molecule has 1 unspecified atom stereocenters. The number of nitrogens with one attached hydrogen (secondary N) is 1. The summed E-state index contributed by atoms with van der Waals surface area (Å²) >= 11 is 0. The summed E-state index contributed by atoms with van der Waals surface area (Å²) in [4.78, 5) is 0. The van der Waals surface area contributed by atoms with Crippen LogP contribution in [0.1, 0.15) is 40.0 Å². The van der Waals surface area contributed by atoms with Crippen molar-refractivity contribution in [3.8, 4) is 0 Å². The van der Waals surface area contributed by atoms with Crippen molar-refractivity contribution in [1.82, 2.24) is 5.32 Å². The molecule has 0 spiro atoms. The van der Waals surface area contributed by atoms with E-state index < -0.39 is 0 Å². The van der Waals surface area contributed by atoms with E-state index in [2.05, 4.69) is 26.1 Å². The second-order valence-corrected chi connectivity index (χ2v) is 4.53. The van der Waals surface area contributed by atoms with Gasteiger partial charge in [0.2, 0.25) is 0 Å². The van der Waals surface area contributed by atoms with E-state index in [1.165, 1.54) is 12.8 Å². The van der Waals surface area contributed by atoms with E-state index in [4.69, 9.17) is 4.74 Å². The van der Waals surface area contributed by atoms with E-state index in [0.717, 1.165) is 19.5 Å². The summed E-state index contributed by atoms with van der Waals surface area (Å²) in [5.41, 5.74) is 0.0228. The topological polar surface area (TPSA) is 21.3 Å². The van der Waals surface area contributed by atoms with E-state index in [9.17, 15) is 0 Å². The Labute approximate surface area is 75.7 Å². The lowest BCUT2D eigenvalue weighted by Gasteiger charge is -2.26. The maximum atomic E-state index is 5.92. The molecule has 72 valence electrons. The molecule has 0 saturated carbocycles. The highest BCUT2D eigenvalue weighted by Gasteiger charge is 2.19. The van der Waals surface area contributed by atoms with Crippen LogP contribution in [-0.4, -0.2) is 24.8 Å². The van der Waals surface area contributed by atoms with Gasteiger partial charge in [0.1, 0.15) is 0 Å². The molecule has 0 aromatic carbocycles. The van der Waals surface area contributed by atoms with Crippen LogP contribution in [0.4, 0.5) is 0 Å².